The molecule has 2 rings (SSSR count). The summed E-state index contributed by atoms with van der Waals surface area (Å²) in [5.74, 6) is 1.59. The van der Waals surface area contributed by atoms with Gasteiger partial charge in [-0.05, 0) is 37.5 Å². The molecule has 21 heavy (non-hydrogen) atoms. The summed E-state index contributed by atoms with van der Waals surface area (Å²) in [5.41, 5.74) is 3.31. The van der Waals surface area contributed by atoms with Crippen molar-refractivity contribution in [3.8, 4) is 11.5 Å². The quantitative estimate of drug-likeness (QED) is 0.693. The van der Waals surface area contributed by atoms with Gasteiger partial charge in [0.15, 0.2) is 0 Å². The van der Waals surface area contributed by atoms with Crippen molar-refractivity contribution in [3.05, 3.63) is 29.5 Å². The van der Waals surface area contributed by atoms with Crippen LogP contribution < -0.4 is 9.47 Å². The van der Waals surface area contributed by atoms with E-state index in [0.717, 1.165) is 34.5 Å². The minimum absolute atomic E-state index is 0.780. The number of unbranched alkanes of at least 4 members (excludes halogenated alkanes) is 3. The van der Waals surface area contributed by atoms with Gasteiger partial charge in [0.25, 0.3) is 0 Å². The highest BCUT2D eigenvalue weighted by Gasteiger charge is 2.10. The maximum Gasteiger partial charge on any atom is 0.148 e. The summed E-state index contributed by atoms with van der Waals surface area (Å²) >= 11 is 0. The zero-order valence-electron chi connectivity index (χ0n) is 13.5. The largest absolute Gasteiger partial charge is 0.497 e. The molecule has 0 aliphatic heterocycles. The molecule has 0 unspecified atom stereocenters. The first-order valence-corrected chi connectivity index (χ1v) is 7.71. The number of nitrogens with zero attached hydrogens (tertiary/aromatic N) is 1. The van der Waals surface area contributed by atoms with E-state index in [-0.39, 0.29) is 0 Å². The predicted molar refractivity (Wildman–Crippen MR) is 87.4 cm³/mol. The van der Waals surface area contributed by atoms with Gasteiger partial charge in [0.2, 0.25) is 0 Å². The highest BCUT2D eigenvalue weighted by atomic mass is 16.5. The van der Waals surface area contributed by atoms with Crippen LogP contribution in [0.2, 0.25) is 0 Å². The van der Waals surface area contributed by atoms with Crippen molar-refractivity contribution < 1.29 is 9.47 Å². The van der Waals surface area contributed by atoms with Crippen LogP contribution in [0.25, 0.3) is 10.9 Å². The molecule has 0 aliphatic rings. The molecule has 0 radical (unpaired) electrons. The lowest BCUT2D eigenvalue weighted by Crippen LogP contribution is -1.97. The molecule has 0 N–H and O–H groups in total. The Morgan fingerprint density at radius 1 is 1.00 bits per heavy atom. The van der Waals surface area contributed by atoms with Gasteiger partial charge in [0.05, 0.1) is 14.2 Å². The van der Waals surface area contributed by atoms with E-state index < -0.39 is 0 Å². The number of rotatable bonds is 7. The standard InChI is InChI=1S/C18H25NO2/c1-5-6-7-8-9-14-10-13(2)16-11-15(20-3)12-17(21-4)18(16)19-14/h10-12H,5-9H2,1-4H3. The lowest BCUT2D eigenvalue weighted by Gasteiger charge is -2.12. The van der Waals surface area contributed by atoms with Crippen LogP contribution in [0.15, 0.2) is 18.2 Å². The average molecular weight is 287 g/mol. The minimum atomic E-state index is 0.780. The Balaban J connectivity index is 2.35. The van der Waals surface area contributed by atoms with Crippen LogP contribution >= 0.6 is 0 Å². The Hall–Kier alpha value is -1.77. The second-order valence-corrected chi connectivity index (χ2v) is 5.47. The summed E-state index contributed by atoms with van der Waals surface area (Å²) in [6.45, 7) is 4.36. The maximum atomic E-state index is 5.48. The third-order valence-corrected chi connectivity index (χ3v) is 3.85. The van der Waals surface area contributed by atoms with Gasteiger partial charge in [-0.2, -0.15) is 0 Å². The van der Waals surface area contributed by atoms with Crippen LogP contribution in [0.4, 0.5) is 0 Å². The third-order valence-electron chi connectivity index (χ3n) is 3.85. The number of fused-ring (bicyclic) bond motifs is 1. The zero-order chi connectivity index (χ0) is 15.2. The number of benzene rings is 1. The number of hydrogen-bond donors (Lipinski definition) is 0. The van der Waals surface area contributed by atoms with Crippen LogP contribution in [0, 0.1) is 6.92 Å². The summed E-state index contributed by atoms with van der Waals surface area (Å²) in [7, 11) is 3.35. The lowest BCUT2D eigenvalue weighted by molar-refractivity contribution is 0.397. The molecule has 1 aromatic heterocycles. The van der Waals surface area contributed by atoms with Gasteiger partial charge in [0.1, 0.15) is 17.0 Å². The SMILES string of the molecule is CCCCCCc1cc(C)c2cc(OC)cc(OC)c2n1. The van der Waals surface area contributed by atoms with E-state index in [1.54, 1.807) is 14.2 Å². The second kappa shape index (κ2) is 7.30. The van der Waals surface area contributed by atoms with Gasteiger partial charge in [0, 0.05) is 17.1 Å². The molecule has 0 aliphatic carbocycles. The van der Waals surface area contributed by atoms with Crippen LogP contribution in [0.1, 0.15) is 43.9 Å². The Morgan fingerprint density at radius 2 is 1.81 bits per heavy atom. The van der Waals surface area contributed by atoms with E-state index in [2.05, 4.69) is 19.9 Å². The van der Waals surface area contributed by atoms with Crippen molar-refractivity contribution in [3.63, 3.8) is 0 Å². The van der Waals surface area contributed by atoms with Crippen LogP contribution in [0.3, 0.4) is 0 Å². The Morgan fingerprint density at radius 3 is 2.48 bits per heavy atom. The monoisotopic (exact) mass is 287 g/mol. The van der Waals surface area contributed by atoms with E-state index in [1.165, 1.54) is 31.2 Å². The average Bonchev–Trinajstić information content (AvgIpc) is 2.51. The molecule has 2 aromatic rings. The van der Waals surface area contributed by atoms with Crippen LogP contribution in [-0.4, -0.2) is 19.2 Å². The number of ether oxygens (including phenoxy) is 2. The first kappa shape index (κ1) is 15.6. The summed E-state index contributed by atoms with van der Waals surface area (Å²) in [5, 5.41) is 1.10. The Kier molecular flexibility index (Phi) is 5.43. The summed E-state index contributed by atoms with van der Waals surface area (Å²) in [6, 6.07) is 6.11. The van der Waals surface area contributed by atoms with E-state index in [9.17, 15) is 0 Å². The molecule has 1 heterocycles. The molecule has 3 heteroatoms. The Labute approximate surface area is 127 Å². The molecular formula is C18H25NO2. The smallest absolute Gasteiger partial charge is 0.148 e. The molecule has 0 spiro atoms. The van der Waals surface area contributed by atoms with E-state index in [1.807, 2.05) is 12.1 Å². The molecule has 0 atom stereocenters. The van der Waals surface area contributed by atoms with Gasteiger partial charge in [-0.1, -0.05) is 26.2 Å². The molecule has 1 aromatic carbocycles. The van der Waals surface area contributed by atoms with Crippen molar-refractivity contribution in [1.29, 1.82) is 0 Å². The number of aryl methyl sites for hydroxylation is 2. The molecule has 0 fully saturated rings. The van der Waals surface area contributed by atoms with Gasteiger partial charge in [-0.3, -0.25) is 0 Å². The van der Waals surface area contributed by atoms with Crippen LogP contribution in [0.5, 0.6) is 11.5 Å². The van der Waals surface area contributed by atoms with Crippen molar-refractivity contribution >= 4 is 10.9 Å². The highest BCUT2D eigenvalue weighted by molar-refractivity contribution is 5.89. The summed E-state index contributed by atoms with van der Waals surface area (Å²) in [4.78, 5) is 4.80. The van der Waals surface area contributed by atoms with Crippen molar-refractivity contribution in [2.45, 2.75) is 46.0 Å². The summed E-state index contributed by atoms with van der Waals surface area (Å²) < 4.78 is 10.8. The molecule has 0 saturated heterocycles. The normalized spacial score (nSPS) is 10.9. The first-order valence-electron chi connectivity index (χ1n) is 7.71. The fourth-order valence-corrected chi connectivity index (χ4v) is 2.64. The fourth-order valence-electron chi connectivity index (χ4n) is 2.64. The molecule has 0 bridgehead atoms. The van der Waals surface area contributed by atoms with Crippen LogP contribution in [-0.2, 0) is 6.42 Å². The number of hydrogen-bond acceptors (Lipinski definition) is 3. The first-order chi connectivity index (χ1) is 10.2. The van der Waals surface area contributed by atoms with E-state index >= 15 is 0 Å². The molecular weight excluding hydrogens is 262 g/mol. The van der Waals surface area contributed by atoms with Gasteiger partial charge in [-0.25, -0.2) is 4.98 Å². The topological polar surface area (TPSA) is 31.4 Å². The van der Waals surface area contributed by atoms with Crippen molar-refractivity contribution in [2.75, 3.05) is 14.2 Å². The molecule has 0 saturated carbocycles. The Bertz CT molecular complexity index is 608. The maximum absolute atomic E-state index is 5.48. The second-order valence-electron chi connectivity index (χ2n) is 5.47. The van der Waals surface area contributed by atoms with E-state index in [0.29, 0.717) is 0 Å². The highest BCUT2D eigenvalue weighted by Crippen LogP contribution is 2.32. The fraction of sp³-hybridized carbons (Fsp3) is 0.500. The van der Waals surface area contributed by atoms with Crippen molar-refractivity contribution in [1.82, 2.24) is 4.98 Å². The molecule has 3 nitrogen and oxygen atoms in total. The minimum Gasteiger partial charge on any atom is -0.497 e. The van der Waals surface area contributed by atoms with Gasteiger partial charge < -0.3 is 9.47 Å². The molecule has 114 valence electrons. The van der Waals surface area contributed by atoms with Gasteiger partial charge in [-0.15, -0.1) is 0 Å². The number of pyridine rings is 1. The third kappa shape index (κ3) is 3.66. The molecule has 0 amide bonds. The predicted octanol–water partition coefficient (Wildman–Crippen LogP) is 4.68. The zero-order valence-corrected chi connectivity index (χ0v) is 13.5. The van der Waals surface area contributed by atoms with Gasteiger partial charge >= 0.3 is 0 Å². The summed E-state index contributed by atoms with van der Waals surface area (Å²) in [6.07, 6.45) is 6.07. The number of aromatic nitrogens is 1. The van der Waals surface area contributed by atoms with Crippen molar-refractivity contribution in [2.24, 2.45) is 0 Å². The number of methoxy groups -OCH3 is 2. The lowest BCUT2D eigenvalue weighted by atomic mass is 10.0. The van der Waals surface area contributed by atoms with E-state index in [4.69, 9.17) is 14.5 Å².